The fourth-order valence-corrected chi connectivity index (χ4v) is 3.77. The lowest BCUT2D eigenvalue weighted by Crippen LogP contribution is -2.27. The highest BCUT2D eigenvalue weighted by molar-refractivity contribution is 7.91. The van der Waals surface area contributed by atoms with Crippen molar-refractivity contribution in [2.24, 2.45) is 0 Å². The molecule has 1 atom stereocenters. The molecular formula is C9H12N4O3S2. The number of aliphatic hydroxyl groups excluding tert-OH is 1. The van der Waals surface area contributed by atoms with Crippen molar-refractivity contribution >= 4 is 21.4 Å². The van der Waals surface area contributed by atoms with Crippen molar-refractivity contribution in [3.63, 3.8) is 0 Å². The minimum absolute atomic E-state index is 0.165. The van der Waals surface area contributed by atoms with Gasteiger partial charge in [0.2, 0.25) is 0 Å². The highest BCUT2D eigenvalue weighted by Gasteiger charge is 2.21. The fourth-order valence-electron chi connectivity index (χ4n) is 1.35. The molecule has 0 bridgehead atoms. The quantitative estimate of drug-likeness (QED) is 0.738. The van der Waals surface area contributed by atoms with Crippen LogP contribution in [0.1, 0.15) is 24.4 Å². The number of nitrogens with one attached hydrogen (secondary N) is 2. The van der Waals surface area contributed by atoms with Crippen molar-refractivity contribution in [1.29, 1.82) is 0 Å². The molecule has 2 heterocycles. The maximum absolute atomic E-state index is 12.0. The molecule has 0 aliphatic heterocycles. The molecular weight excluding hydrogens is 276 g/mol. The number of aromatic nitrogens is 3. The summed E-state index contributed by atoms with van der Waals surface area (Å²) in [6.45, 7) is 1.49. The fraction of sp³-hybridized carbons (Fsp3) is 0.333. The summed E-state index contributed by atoms with van der Waals surface area (Å²) in [7, 11) is -3.61. The predicted molar refractivity (Wildman–Crippen MR) is 65.4 cm³/mol. The molecule has 0 amide bonds. The summed E-state index contributed by atoms with van der Waals surface area (Å²) < 4.78 is 26.7. The molecule has 0 fully saturated rings. The molecule has 1 unspecified atom stereocenters. The molecule has 0 aromatic carbocycles. The van der Waals surface area contributed by atoms with Crippen LogP contribution in [0.25, 0.3) is 0 Å². The van der Waals surface area contributed by atoms with Crippen LogP contribution in [-0.4, -0.2) is 28.7 Å². The Morgan fingerprint density at radius 2 is 2.39 bits per heavy atom. The Kier molecular flexibility index (Phi) is 3.76. The Hall–Kier alpha value is -1.29. The third-order valence-electron chi connectivity index (χ3n) is 2.25. The number of H-pyrrole nitrogens is 1. The van der Waals surface area contributed by atoms with Gasteiger partial charge in [0.05, 0.1) is 12.6 Å². The van der Waals surface area contributed by atoms with E-state index in [0.717, 1.165) is 11.3 Å². The molecule has 2 rings (SSSR count). The first-order chi connectivity index (χ1) is 8.53. The van der Waals surface area contributed by atoms with Crippen LogP contribution in [0.15, 0.2) is 22.0 Å². The van der Waals surface area contributed by atoms with Gasteiger partial charge in [-0.2, -0.15) is 5.10 Å². The Bertz CT molecular complexity index is 606. The number of aromatic amines is 1. The van der Waals surface area contributed by atoms with Gasteiger partial charge in [0.1, 0.15) is 16.4 Å². The molecule has 0 radical (unpaired) electrons. The molecule has 2 aromatic rings. The molecule has 7 nitrogen and oxygen atoms in total. The number of thiophene rings is 1. The molecule has 0 aliphatic carbocycles. The maximum atomic E-state index is 12.0. The lowest BCUT2D eigenvalue weighted by molar-refractivity contribution is 0.282. The summed E-state index contributed by atoms with van der Waals surface area (Å²) in [6.07, 6.45) is 1.31. The average Bonchev–Trinajstić information content (AvgIpc) is 3.00. The van der Waals surface area contributed by atoms with E-state index in [1.165, 1.54) is 12.4 Å². The highest BCUT2D eigenvalue weighted by Crippen LogP contribution is 2.21. The third kappa shape index (κ3) is 2.75. The molecule has 18 heavy (non-hydrogen) atoms. The largest absolute Gasteiger partial charge is 0.392 e. The molecule has 98 valence electrons. The van der Waals surface area contributed by atoms with Crippen LogP contribution in [0.5, 0.6) is 0 Å². The number of rotatable bonds is 5. The molecule has 2 aromatic heterocycles. The van der Waals surface area contributed by atoms with Gasteiger partial charge in [0, 0.05) is 0 Å². The first kappa shape index (κ1) is 13.1. The number of sulfonamides is 1. The van der Waals surface area contributed by atoms with Gasteiger partial charge in [0.25, 0.3) is 10.0 Å². The van der Waals surface area contributed by atoms with Gasteiger partial charge in [-0.1, -0.05) is 0 Å². The summed E-state index contributed by atoms with van der Waals surface area (Å²) in [4.78, 5) is 3.89. The Morgan fingerprint density at radius 1 is 1.61 bits per heavy atom. The molecule has 0 aliphatic rings. The minimum Gasteiger partial charge on any atom is -0.392 e. The van der Waals surface area contributed by atoms with Gasteiger partial charge in [-0.25, -0.2) is 18.1 Å². The summed E-state index contributed by atoms with van der Waals surface area (Å²) in [5.41, 5.74) is 0.577. The van der Waals surface area contributed by atoms with Crippen LogP contribution >= 0.6 is 11.3 Å². The zero-order valence-corrected chi connectivity index (χ0v) is 11.1. The molecule has 3 N–H and O–H groups in total. The van der Waals surface area contributed by atoms with Gasteiger partial charge >= 0.3 is 0 Å². The van der Waals surface area contributed by atoms with Gasteiger partial charge in [0.15, 0.2) is 0 Å². The van der Waals surface area contributed by atoms with E-state index in [1.807, 2.05) is 0 Å². The second-order valence-corrected chi connectivity index (χ2v) is 6.50. The van der Waals surface area contributed by atoms with Crippen molar-refractivity contribution in [2.75, 3.05) is 0 Å². The smallest absolute Gasteiger partial charge is 0.250 e. The van der Waals surface area contributed by atoms with Crippen molar-refractivity contribution < 1.29 is 13.5 Å². The first-order valence-electron chi connectivity index (χ1n) is 5.09. The van der Waals surface area contributed by atoms with E-state index in [1.54, 1.807) is 12.3 Å². The van der Waals surface area contributed by atoms with Gasteiger partial charge in [-0.05, 0) is 23.9 Å². The Morgan fingerprint density at radius 3 is 2.94 bits per heavy atom. The number of aliphatic hydroxyl groups is 1. The second-order valence-electron chi connectivity index (χ2n) is 3.65. The van der Waals surface area contributed by atoms with Crippen molar-refractivity contribution in [2.45, 2.75) is 23.8 Å². The number of nitrogens with zero attached hydrogens (tertiary/aromatic N) is 2. The van der Waals surface area contributed by atoms with E-state index in [9.17, 15) is 8.42 Å². The monoisotopic (exact) mass is 288 g/mol. The van der Waals surface area contributed by atoms with Crippen LogP contribution in [0, 0.1) is 0 Å². The molecule has 0 spiro atoms. The van der Waals surface area contributed by atoms with Crippen LogP contribution in [-0.2, 0) is 16.6 Å². The van der Waals surface area contributed by atoms with Crippen molar-refractivity contribution in [1.82, 2.24) is 19.9 Å². The van der Waals surface area contributed by atoms with Gasteiger partial charge < -0.3 is 5.11 Å². The van der Waals surface area contributed by atoms with Crippen LogP contribution in [0.3, 0.4) is 0 Å². The third-order valence-corrected chi connectivity index (χ3v) is 5.28. The summed E-state index contributed by atoms with van der Waals surface area (Å²) >= 11 is 1.06. The van der Waals surface area contributed by atoms with E-state index in [2.05, 4.69) is 19.9 Å². The molecule has 0 saturated heterocycles. The van der Waals surface area contributed by atoms with Crippen LogP contribution < -0.4 is 4.72 Å². The summed E-state index contributed by atoms with van der Waals surface area (Å²) in [5, 5.41) is 16.8. The topological polar surface area (TPSA) is 108 Å². The zero-order chi connectivity index (χ0) is 13.2. The van der Waals surface area contributed by atoms with Crippen LogP contribution in [0.4, 0.5) is 0 Å². The van der Waals surface area contributed by atoms with E-state index in [0.29, 0.717) is 11.4 Å². The molecule has 0 saturated carbocycles. The Balaban J connectivity index is 2.17. The minimum atomic E-state index is -3.61. The first-order valence-corrected chi connectivity index (χ1v) is 7.45. The van der Waals surface area contributed by atoms with E-state index in [-0.39, 0.29) is 10.8 Å². The lowest BCUT2D eigenvalue weighted by atomic mass is 10.3. The van der Waals surface area contributed by atoms with Crippen molar-refractivity contribution in [3.8, 4) is 0 Å². The summed E-state index contributed by atoms with van der Waals surface area (Å²) in [5.74, 6) is 0.442. The second kappa shape index (κ2) is 5.14. The predicted octanol–water partition coefficient (Wildman–Crippen LogP) is 0.398. The number of hydrogen-bond acceptors (Lipinski definition) is 6. The van der Waals surface area contributed by atoms with E-state index >= 15 is 0 Å². The van der Waals surface area contributed by atoms with Crippen molar-refractivity contribution in [3.05, 3.63) is 29.2 Å². The van der Waals surface area contributed by atoms with Gasteiger partial charge in [-0.3, -0.25) is 5.10 Å². The summed E-state index contributed by atoms with van der Waals surface area (Å²) in [6, 6.07) is 0.942. The number of hydrogen-bond donors (Lipinski definition) is 3. The van der Waals surface area contributed by atoms with Gasteiger partial charge in [-0.15, -0.1) is 11.3 Å². The highest BCUT2D eigenvalue weighted by atomic mass is 32.2. The normalized spacial score (nSPS) is 13.7. The lowest BCUT2D eigenvalue weighted by Gasteiger charge is -2.10. The average molecular weight is 288 g/mol. The maximum Gasteiger partial charge on any atom is 0.250 e. The SMILES string of the molecule is CC(NS(=O)(=O)c1cc(CO)cs1)c1ncn[nH]1. The van der Waals surface area contributed by atoms with E-state index < -0.39 is 16.1 Å². The standard InChI is InChI=1S/C9H12N4O3S2/c1-6(9-10-5-11-12-9)13-18(15,16)8-2-7(3-14)4-17-8/h2,4-6,13-14H,3H2,1H3,(H,10,11,12). The molecule has 9 heteroatoms. The van der Waals surface area contributed by atoms with E-state index in [4.69, 9.17) is 5.11 Å². The van der Waals surface area contributed by atoms with Crippen LogP contribution in [0.2, 0.25) is 0 Å². The zero-order valence-electron chi connectivity index (χ0n) is 9.49. The Labute approximate surface area is 108 Å².